The van der Waals surface area contributed by atoms with Crippen LogP contribution in [0.3, 0.4) is 0 Å². The Balaban J connectivity index is 1.68. The van der Waals surface area contributed by atoms with E-state index in [-0.39, 0.29) is 32.8 Å². The molecule has 33 heavy (non-hydrogen) atoms. The first-order chi connectivity index (χ1) is 15.7. The number of ether oxygens (including phenoxy) is 2. The van der Waals surface area contributed by atoms with Crippen molar-refractivity contribution in [1.29, 1.82) is 0 Å². The van der Waals surface area contributed by atoms with Gasteiger partial charge in [-0.05, 0) is 5.56 Å². The Bertz CT molecular complexity index is 985. The number of esters is 1. The van der Waals surface area contributed by atoms with Gasteiger partial charge in [0.25, 0.3) is 0 Å². The van der Waals surface area contributed by atoms with Crippen molar-refractivity contribution < 1.29 is 36.6 Å². The number of anilines is 1. The molecule has 1 fully saturated rings. The van der Waals surface area contributed by atoms with E-state index in [1.807, 2.05) is 6.07 Å². The summed E-state index contributed by atoms with van der Waals surface area (Å²) in [6.45, 7) is -0.0213. The minimum atomic E-state index is -1.63. The number of methoxy groups -OCH3 is 1. The standard InChI is InChI=1S/C22H23F4N3O4/c1-32-21(30)15(27)11-14-16(23)18(25)20(19(26)17(14)24)28-7-9-29(10-8-28)22(31)33-12-13-5-3-2-4-6-13/h2-6,15H,7-12,27H2,1H3. The molecule has 11 heteroatoms. The molecule has 3 rings (SSSR count). The number of benzene rings is 2. The van der Waals surface area contributed by atoms with Crippen molar-refractivity contribution in [2.24, 2.45) is 5.73 Å². The molecule has 1 atom stereocenters. The van der Waals surface area contributed by atoms with Crippen molar-refractivity contribution in [2.45, 2.75) is 19.1 Å². The number of carbonyl (C=O) groups excluding carboxylic acids is 2. The zero-order valence-electron chi connectivity index (χ0n) is 17.8. The van der Waals surface area contributed by atoms with Gasteiger partial charge in [-0.2, -0.15) is 0 Å². The fourth-order valence-corrected chi connectivity index (χ4v) is 3.50. The lowest BCUT2D eigenvalue weighted by Gasteiger charge is -2.36. The molecule has 2 aromatic carbocycles. The summed E-state index contributed by atoms with van der Waals surface area (Å²) in [6, 6.07) is 7.53. The van der Waals surface area contributed by atoms with Crippen LogP contribution in [0.15, 0.2) is 30.3 Å². The van der Waals surface area contributed by atoms with Crippen molar-refractivity contribution in [3.05, 3.63) is 64.7 Å². The first-order valence-corrected chi connectivity index (χ1v) is 10.1. The first-order valence-electron chi connectivity index (χ1n) is 10.1. The van der Waals surface area contributed by atoms with Gasteiger partial charge in [-0.15, -0.1) is 0 Å². The van der Waals surface area contributed by atoms with Gasteiger partial charge in [0, 0.05) is 38.2 Å². The fourth-order valence-electron chi connectivity index (χ4n) is 3.50. The summed E-state index contributed by atoms with van der Waals surface area (Å²) >= 11 is 0. The summed E-state index contributed by atoms with van der Waals surface area (Å²) in [6.07, 6.45) is -1.39. The highest BCUT2D eigenvalue weighted by molar-refractivity contribution is 5.75. The van der Waals surface area contributed by atoms with Crippen molar-refractivity contribution in [2.75, 3.05) is 38.2 Å². The SMILES string of the molecule is COC(=O)C(N)Cc1c(F)c(F)c(N2CCN(C(=O)OCc3ccccc3)CC2)c(F)c1F. The van der Waals surface area contributed by atoms with Crippen molar-refractivity contribution in [1.82, 2.24) is 4.90 Å². The van der Waals surface area contributed by atoms with Gasteiger partial charge in [0.1, 0.15) is 18.3 Å². The van der Waals surface area contributed by atoms with E-state index < -0.39 is 59.0 Å². The summed E-state index contributed by atoms with van der Waals surface area (Å²) in [5.41, 5.74) is 4.41. The van der Waals surface area contributed by atoms with Gasteiger partial charge in [-0.25, -0.2) is 22.4 Å². The van der Waals surface area contributed by atoms with Gasteiger partial charge in [0.15, 0.2) is 23.3 Å². The molecule has 0 bridgehead atoms. The molecule has 2 aromatic rings. The summed E-state index contributed by atoms with van der Waals surface area (Å²) in [5, 5.41) is 0. The third-order valence-corrected chi connectivity index (χ3v) is 5.32. The maximum Gasteiger partial charge on any atom is 0.410 e. The van der Waals surface area contributed by atoms with Gasteiger partial charge in [-0.3, -0.25) is 4.79 Å². The smallest absolute Gasteiger partial charge is 0.410 e. The Labute approximate surface area is 187 Å². The van der Waals surface area contributed by atoms with Crippen LogP contribution in [0.25, 0.3) is 0 Å². The van der Waals surface area contributed by atoms with Crippen LogP contribution in [0.1, 0.15) is 11.1 Å². The number of halogens is 4. The Kier molecular flexibility index (Phi) is 7.75. The molecule has 1 aliphatic heterocycles. The normalized spacial score (nSPS) is 14.7. The lowest BCUT2D eigenvalue weighted by Crippen LogP contribution is -2.49. The Morgan fingerprint density at radius 2 is 1.55 bits per heavy atom. The molecule has 1 unspecified atom stereocenters. The van der Waals surface area contributed by atoms with Gasteiger partial charge in [-0.1, -0.05) is 30.3 Å². The van der Waals surface area contributed by atoms with E-state index in [1.54, 1.807) is 24.3 Å². The average molecular weight is 469 g/mol. The molecule has 0 spiro atoms. The maximum absolute atomic E-state index is 14.7. The zero-order valence-corrected chi connectivity index (χ0v) is 17.8. The van der Waals surface area contributed by atoms with E-state index in [4.69, 9.17) is 10.5 Å². The van der Waals surface area contributed by atoms with Crippen molar-refractivity contribution >= 4 is 17.7 Å². The number of nitrogens with two attached hydrogens (primary N) is 1. The zero-order chi connectivity index (χ0) is 24.1. The predicted molar refractivity (Wildman–Crippen MR) is 110 cm³/mol. The highest BCUT2D eigenvalue weighted by Crippen LogP contribution is 2.32. The van der Waals surface area contributed by atoms with Crippen molar-refractivity contribution in [3.8, 4) is 0 Å². The Morgan fingerprint density at radius 1 is 0.970 bits per heavy atom. The minimum absolute atomic E-state index is 0.0324. The molecule has 2 N–H and O–H groups in total. The maximum atomic E-state index is 14.7. The van der Waals surface area contributed by atoms with E-state index in [9.17, 15) is 27.2 Å². The van der Waals surface area contributed by atoms with E-state index in [0.717, 1.165) is 17.6 Å². The lowest BCUT2D eigenvalue weighted by molar-refractivity contribution is -0.142. The number of nitrogens with zero attached hydrogens (tertiary/aromatic N) is 2. The molecule has 1 saturated heterocycles. The highest BCUT2D eigenvalue weighted by atomic mass is 19.2. The lowest BCUT2D eigenvalue weighted by atomic mass is 10.0. The monoisotopic (exact) mass is 469 g/mol. The van der Waals surface area contributed by atoms with E-state index in [0.29, 0.717) is 0 Å². The predicted octanol–water partition coefficient (Wildman–Crippen LogP) is 2.74. The van der Waals surface area contributed by atoms with Crippen LogP contribution in [0.4, 0.5) is 28.0 Å². The molecule has 1 aliphatic rings. The van der Waals surface area contributed by atoms with Crippen molar-refractivity contribution in [3.63, 3.8) is 0 Å². The molecule has 0 saturated carbocycles. The van der Waals surface area contributed by atoms with E-state index in [1.165, 1.54) is 4.90 Å². The number of hydrogen-bond donors (Lipinski definition) is 1. The largest absolute Gasteiger partial charge is 0.468 e. The van der Waals surface area contributed by atoms with E-state index >= 15 is 0 Å². The first kappa shape index (κ1) is 24.3. The molecule has 178 valence electrons. The summed E-state index contributed by atoms with van der Waals surface area (Å²) in [4.78, 5) is 26.1. The second-order valence-electron chi connectivity index (χ2n) is 7.43. The molecule has 0 aliphatic carbocycles. The summed E-state index contributed by atoms with van der Waals surface area (Å²) < 4.78 is 68.1. The van der Waals surface area contributed by atoms with Gasteiger partial charge >= 0.3 is 12.1 Å². The van der Waals surface area contributed by atoms with Crippen LogP contribution in [0.5, 0.6) is 0 Å². The topological polar surface area (TPSA) is 85.1 Å². The molecule has 0 radical (unpaired) electrons. The van der Waals surface area contributed by atoms with Gasteiger partial charge < -0.3 is 25.0 Å². The number of carbonyl (C=O) groups is 2. The molecule has 1 heterocycles. The summed E-state index contributed by atoms with van der Waals surface area (Å²) in [5.74, 6) is -7.43. The Hall–Kier alpha value is -3.34. The molecule has 1 amide bonds. The summed E-state index contributed by atoms with van der Waals surface area (Å²) in [7, 11) is 1.02. The number of piperazine rings is 1. The second kappa shape index (κ2) is 10.5. The van der Waals surface area contributed by atoms with Crippen LogP contribution in [0, 0.1) is 23.3 Å². The van der Waals surface area contributed by atoms with Crippen LogP contribution in [-0.4, -0.2) is 56.3 Å². The third kappa shape index (κ3) is 5.36. The van der Waals surface area contributed by atoms with Crippen LogP contribution >= 0.6 is 0 Å². The van der Waals surface area contributed by atoms with Crippen LogP contribution < -0.4 is 10.6 Å². The highest BCUT2D eigenvalue weighted by Gasteiger charge is 2.32. The average Bonchev–Trinajstić information content (AvgIpc) is 2.84. The van der Waals surface area contributed by atoms with Gasteiger partial charge in [0.05, 0.1) is 7.11 Å². The molecular weight excluding hydrogens is 446 g/mol. The number of rotatable bonds is 6. The molecule has 7 nitrogen and oxygen atoms in total. The fraction of sp³-hybridized carbons (Fsp3) is 0.364. The second-order valence-corrected chi connectivity index (χ2v) is 7.43. The van der Waals surface area contributed by atoms with Gasteiger partial charge in [0.2, 0.25) is 0 Å². The molecule has 0 aromatic heterocycles. The Morgan fingerprint density at radius 3 is 2.09 bits per heavy atom. The van der Waals surface area contributed by atoms with Crippen LogP contribution in [0.2, 0.25) is 0 Å². The third-order valence-electron chi connectivity index (χ3n) is 5.32. The van der Waals surface area contributed by atoms with Crippen LogP contribution in [-0.2, 0) is 27.3 Å². The van der Waals surface area contributed by atoms with E-state index in [2.05, 4.69) is 4.74 Å². The molecular formula is C22H23F4N3O4. The quantitative estimate of drug-likeness (QED) is 0.398. The number of amides is 1. The number of hydrogen-bond acceptors (Lipinski definition) is 6. The minimum Gasteiger partial charge on any atom is -0.468 e.